The van der Waals surface area contributed by atoms with Crippen LogP contribution in [-0.4, -0.2) is 23.5 Å². The molecular formula is C15H11NO4. The van der Waals surface area contributed by atoms with E-state index in [0.29, 0.717) is 34.6 Å². The molecule has 3 aromatic rings. The van der Waals surface area contributed by atoms with Gasteiger partial charge >= 0.3 is 0 Å². The zero-order valence-electron chi connectivity index (χ0n) is 10.7. The van der Waals surface area contributed by atoms with Gasteiger partial charge in [-0.05, 0) is 24.3 Å². The number of ether oxygens (including phenoxy) is 1. The van der Waals surface area contributed by atoms with Crippen LogP contribution in [-0.2, 0) is 0 Å². The summed E-state index contributed by atoms with van der Waals surface area (Å²) < 4.78 is 10.9. The lowest BCUT2D eigenvalue weighted by Crippen LogP contribution is -1.87. The summed E-state index contributed by atoms with van der Waals surface area (Å²) in [6.45, 7) is 0. The van der Waals surface area contributed by atoms with Gasteiger partial charge in [0.25, 0.3) is 0 Å². The molecule has 0 unspecified atom stereocenters. The summed E-state index contributed by atoms with van der Waals surface area (Å²) in [4.78, 5) is 15.3. The van der Waals surface area contributed by atoms with Gasteiger partial charge in [0, 0.05) is 0 Å². The minimum Gasteiger partial charge on any atom is -0.507 e. The van der Waals surface area contributed by atoms with Crippen LogP contribution in [0.15, 0.2) is 40.8 Å². The molecule has 0 aliphatic carbocycles. The van der Waals surface area contributed by atoms with Crippen LogP contribution in [0.1, 0.15) is 10.4 Å². The highest BCUT2D eigenvalue weighted by Gasteiger charge is 2.16. The first-order chi connectivity index (χ1) is 9.74. The van der Waals surface area contributed by atoms with E-state index in [-0.39, 0.29) is 11.3 Å². The van der Waals surface area contributed by atoms with E-state index in [4.69, 9.17) is 9.15 Å². The molecule has 0 fully saturated rings. The van der Waals surface area contributed by atoms with Gasteiger partial charge < -0.3 is 14.3 Å². The Morgan fingerprint density at radius 1 is 1.25 bits per heavy atom. The van der Waals surface area contributed by atoms with Crippen LogP contribution in [0.2, 0.25) is 0 Å². The number of rotatable bonds is 3. The van der Waals surface area contributed by atoms with Crippen molar-refractivity contribution < 1.29 is 19.1 Å². The molecule has 0 saturated carbocycles. The molecule has 3 rings (SSSR count). The van der Waals surface area contributed by atoms with Crippen LogP contribution < -0.4 is 4.74 Å². The van der Waals surface area contributed by atoms with Crippen molar-refractivity contribution in [1.82, 2.24) is 4.98 Å². The molecule has 0 aliphatic heterocycles. The number of phenolic OH excluding ortho intramolecular Hbond substituents is 1. The average Bonchev–Trinajstić information content (AvgIpc) is 2.91. The van der Waals surface area contributed by atoms with Gasteiger partial charge in [0.15, 0.2) is 11.9 Å². The number of carbonyl (C=O) groups is 1. The first kappa shape index (κ1) is 12.2. The topological polar surface area (TPSA) is 72.6 Å². The Morgan fingerprint density at radius 3 is 2.80 bits per heavy atom. The second-order valence-corrected chi connectivity index (χ2v) is 4.18. The van der Waals surface area contributed by atoms with Crippen LogP contribution in [0.4, 0.5) is 0 Å². The monoisotopic (exact) mass is 269 g/mol. The van der Waals surface area contributed by atoms with E-state index in [1.54, 1.807) is 19.2 Å². The van der Waals surface area contributed by atoms with E-state index in [2.05, 4.69) is 4.98 Å². The van der Waals surface area contributed by atoms with Crippen molar-refractivity contribution >= 4 is 17.4 Å². The molecule has 100 valence electrons. The SMILES string of the molecule is COc1ccccc1-c1nc2c(C=O)c(O)ccc2o1. The van der Waals surface area contributed by atoms with Gasteiger partial charge in [-0.3, -0.25) is 4.79 Å². The number of oxazole rings is 1. The molecule has 0 amide bonds. The predicted molar refractivity (Wildman–Crippen MR) is 73.0 cm³/mol. The molecule has 1 aromatic heterocycles. The van der Waals surface area contributed by atoms with Crippen LogP contribution >= 0.6 is 0 Å². The Kier molecular flexibility index (Phi) is 2.87. The summed E-state index contributed by atoms with van der Waals surface area (Å²) in [5.74, 6) is 0.842. The number of methoxy groups -OCH3 is 1. The molecule has 0 spiro atoms. The van der Waals surface area contributed by atoms with E-state index in [9.17, 15) is 9.90 Å². The van der Waals surface area contributed by atoms with Crippen LogP contribution in [0.25, 0.3) is 22.6 Å². The molecule has 0 bridgehead atoms. The normalized spacial score (nSPS) is 10.7. The summed E-state index contributed by atoms with van der Waals surface area (Å²) in [5, 5.41) is 9.65. The predicted octanol–water partition coefficient (Wildman–Crippen LogP) is 3.02. The highest BCUT2D eigenvalue weighted by molar-refractivity contribution is 5.97. The number of para-hydroxylation sites is 1. The summed E-state index contributed by atoms with van der Waals surface area (Å²) in [6.07, 6.45) is 0.562. The molecule has 5 nitrogen and oxygen atoms in total. The van der Waals surface area contributed by atoms with Crippen molar-refractivity contribution in [2.24, 2.45) is 0 Å². The summed E-state index contributed by atoms with van der Waals surface area (Å²) in [7, 11) is 1.56. The van der Waals surface area contributed by atoms with Crippen LogP contribution in [0.3, 0.4) is 0 Å². The number of phenols is 1. The lowest BCUT2D eigenvalue weighted by atomic mass is 10.2. The highest BCUT2D eigenvalue weighted by Crippen LogP contribution is 2.33. The third kappa shape index (κ3) is 1.80. The van der Waals surface area contributed by atoms with Crippen molar-refractivity contribution in [3.63, 3.8) is 0 Å². The summed E-state index contributed by atoms with van der Waals surface area (Å²) in [5.41, 5.74) is 1.57. The van der Waals surface area contributed by atoms with Gasteiger partial charge in [0.05, 0.1) is 18.2 Å². The Balaban J connectivity index is 2.26. The second-order valence-electron chi connectivity index (χ2n) is 4.18. The van der Waals surface area contributed by atoms with Gasteiger partial charge in [-0.15, -0.1) is 0 Å². The summed E-state index contributed by atoms with van der Waals surface area (Å²) in [6, 6.07) is 10.3. The molecule has 2 aromatic carbocycles. The van der Waals surface area contributed by atoms with Crippen LogP contribution in [0, 0.1) is 0 Å². The highest BCUT2D eigenvalue weighted by atomic mass is 16.5. The van der Waals surface area contributed by atoms with Gasteiger partial charge in [-0.2, -0.15) is 0 Å². The molecule has 0 radical (unpaired) electrons. The molecule has 5 heteroatoms. The number of carbonyl (C=O) groups excluding carboxylic acids is 1. The Labute approximate surface area is 114 Å². The molecular weight excluding hydrogens is 258 g/mol. The minimum absolute atomic E-state index is 0.118. The number of nitrogens with zero attached hydrogens (tertiary/aromatic N) is 1. The number of hydrogen-bond donors (Lipinski definition) is 1. The Bertz CT molecular complexity index is 792. The first-order valence-electron chi connectivity index (χ1n) is 5.95. The van der Waals surface area contributed by atoms with E-state index < -0.39 is 0 Å². The average molecular weight is 269 g/mol. The lowest BCUT2D eigenvalue weighted by molar-refractivity contribution is 0.112. The first-order valence-corrected chi connectivity index (χ1v) is 5.95. The Morgan fingerprint density at radius 2 is 2.05 bits per heavy atom. The Hall–Kier alpha value is -2.82. The van der Waals surface area contributed by atoms with Crippen molar-refractivity contribution in [3.05, 3.63) is 42.0 Å². The molecule has 0 atom stereocenters. The van der Waals surface area contributed by atoms with Crippen molar-refractivity contribution in [2.75, 3.05) is 7.11 Å². The fourth-order valence-electron chi connectivity index (χ4n) is 2.06. The zero-order valence-corrected chi connectivity index (χ0v) is 10.7. The van der Waals surface area contributed by atoms with Crippen molar-refractivity contribution in [1.29, 1.82) is 0 Å². The van der Waals surface area contributed by atoms with Gasteiger partial charge in [-0.25, -0.2) is 4.98 Å². The quantitative estimate of drug-likeness (QED) is 0.740. The maximum Gasteiger partial charge on any atom is 0.231 e. The third-order valence-electron chi connectivity index (χ3n) is 3.03. The number of benzene rings is 2. The number of hydrogen-bond acceptors (Lipinski definition) is 5. The van der Waals surface area contributed by atoms with E-state index in [1.165, 1.54) is 6.07 Å². The standard InChI is InChI=1S/C15H11NO4/c1-19-12-5-3-2-4-9(12)15-16-14-10(8-17)11(18)6-7-13(14)20-15/h2-8,18H,1H3. The number of aromatic hydroxyl groups is 1. The maximum atomic E-state index is 11.0. The summed E-state index contributed by atoms with van der Waals surface area (Å²) >= 11 is 0. The number of aldehydes is 1. The van der Waals surface area contributed by atoms with Crippen molar-refractivity contribution in [3.8, 4) is 23.0 Å². The minimum atomic E-state index is -0.118. The second kappa shape index (κ2) is 4.70. The molecule has 1 heterocycles. The number of aromatic nitrogens is 1. The lowest BCUT2D eigenvalue weighted by Gasteiger charge is -2.03. The van der Waals surface area contributed by atoms with Crippen molar-refractivity contribution in [2.45, 2.75) is 0 Å². The van der Waals surface area contributed by atoms with Crippen LogP contribution in [0.5, 0.6) is 11.5 Å². The van der Waals surface area contributed by atoms with E-state index in [1.807, 2.05) is 18.2 Å². The van der Waals surface area contributed by atoms with E-state index in [0.717, 1.165) is 0 Å². The maximum absolute atomic E-state index is 11.0. The molecule has 20 heavy (non-hydrogen) atoms. The zero-order chi connectivity index (χ0) is 14.1. The molecule has 1 N–H and O–H groups in total. The fraction of sp³-hybridized carbons (Fsp3) is 0.0667. The largest absolute Gasteiger partial charge is 0.507 e. The van der Waals surface area contributed by atoms with Gasteiger partial charge in [0.1, 0.15) is 17.0 Å². The smallest absolute Gasteiger partial charge is 0.231 e. The number of fused-ring (bicyclic) bond motifs is 1. The van der Waals surface area contributed by atoms with Gasteiger partial charge in [-0.1, -0.05) is 12.1 Å². The molecule has 0 saturated heterocycles. The fourth-order valence-corrected chi connectivity index (χ4v) is 2.06. The molecule has 0 aliphatic rings. The van der Waals surface area contributed by atoms with E-state index >= 15 is 0 Å². The third-order valence-corrected chi connectivity index (χ3v) is 3.03. The van der Waals surface area contributed by atoms with Gasteiger partial charge in [0.2, 0.25) is 5.89 Å².